The first-order chi connectivity index (χ1) is 22.3. The monoisotopic (exact) mass is 760 g/mol. The van der Waals surface area contributed by atoms with E-state index in [1.165, 1.54) is 29.2 Å². The number of aliphatic hydroxyl groups is 1. The predicted molar refractivity (Wildman–Crippen MR) is 188 cm³/mol. The second-order valence-corrected chi connectivity index (χ2v) is 16.2. The minimum atomic E-state index is -0.699. The molecule has 1 N–H and O–H groups in total. The molecule has 0 amide bonds. The summed E-state index contributed by atoms with van der Waals surface area (Å²) in [5, 5.41) is 24.5. The number of carbonyl (C=O) groups excluding carboxylic acids is 2. The average molecular weight is 762 g/mol. The van der Waals surface area contributed by atoms with Gasteiger partial charge in [0, 0.05) is 46.2 Å². The summed E-state index contributed by atoms with van der Waals surface area (Å²) in [5.74, 6) is -0.0108. The van der Waals surface area contributed by atoms with Gasteiger partial charge >= 0.3 is 11.9 Å². The maximum absolute atomic E-state index is 13.6. The van der Waals surface area contributed by atoms with E-state index in [4.69, 9.17) is 14.1 Å². The molecule has 0 radical (unpaired) electrons. The van der Waals surface area contributed by atoms with Gasteiger partial charge in [0.1, 0.15) is 16.8 Å². The number of rotatable bonds is 9. The van der Waals surface area contributed by atoms with Crippen LogP contribution in [0, 0.1) is 44.1 Å². The van der Waals surface area contributed by atoms with E-state index in [0.717, 1.165) is 34.9 Å². The van der Waals surface area contributed by atoms with Crippen LogP contribution in [-0.2, 0) is 20.9 Å². The summed E-state index contributed by atoms with van der Waals surface area (Å²) in [6.45, 7) is 12.9. The zero-order chi connectivity index (χ0) is 33.7. The van der Waals surface area contributed by atoms with Crippen molar-refractivity contribution in [2.24, 2.45) is 34.0 Å². The maximum atomic E-state index is 13.6. The Hall–Kier alpha value is -2.87. The number of halogens is 1. The molecule has 2 bridgehead atoms. The molecule has 10 nitrogen and oxygen atoms in total. The van der Waals surface area contributed by atoms with Gasteiger partial charge < -0.3 is 14.3 Å². The Bertz CT molecular complexity index is 1690. The number of carbonyl (C=O) groups is 2. The number of aliphatic hydroxyl groups excluding tert-OH is 1. The van der Waals surface area contributed by atoms with Crippen molar-refractivity contribution < 1.29 is 33.3 Å². The number of pyridine rings is 1. The van der Waals surface area contributed by atoms with E-state index in [1.54, 1.807) is 6.07 Å². The third-order valence-electron chi connectivity index (χ3n) is 11.7. The summed E-state index contributed by atoms with van der Waals surface area (Å²) in [5.41, 5.74) is 0.140. The molecule has 13 heteroatoms. The molecule has 0 aliphatic heterocycles. The highest BCUT2D eigenvalue weighted by Crippen LogP contribution is 2.68. The summed E-state index contributed by atoms with van der Waals surface area (Å²) >= 11 is 2.77. The molecule has 48 heavy (non-hydrogen) atoms. The van der Waals surface area contributed by atoms with Gasteiger partial charge in [0.15, 0.2) is 22.5 Å². The normalized spacial score (nSPS) is 32.8. The number of ketones is 1. The van der Waals surface area contributed by atoms with Crippen molar-refractivity contribution >= 4 is 57.7 Å². The van der Waals surface area contributed by atoms with Crippen molar-refractivity contribution in [3.8, 4) is 11.3 Å². The van der Waals surface area contributed by atoms with Crippen molar-refractivity contribution in [2.75, 3.05) is 5.75 Å². The summed E-state index contributed by atoms with van der Waals surface area (Å²) in [6.07, 6.45) is 7.78. The highest BCUT2D eigenvalue weighted by atomic mass is 79.9. The zero-order valence-electron chi connectivity index (χ0n) is 27.6. The Labute approximate surface area is 299 Å². The van der Waals surface area contributed by atoms with E-state index in [0.29, 0.717) is 25.1 Å². The molecule has 0 saturated heterocycles. The molecule has 8 atom stereocenters. The molecular formula is C35H43BrN3O7S2+. The van der Waals surface area contributed by atoms with Crippen LogP contribution in [0.3, 0.4) is 0 Å². The molecule has 3 aromatic rings. The summed E-state index contributed by atoms with van der Waals surface area (Å²) < 4.78 is 14.2. The number of Topliss-reactive ketones (excluding diaryl/α,β-unsaturated/α-hetero) is 1. The first kappa shape index (κ1) is 36.4. The standard InChI is InChI=1S/C35H42N3O7S2.BrH/c1-6-33(4)17-27(34(5)21(2)9-13-35(22(3)31(33)41)14-10-26(39)30(34)35)45-29(40)20-47-32-36-25(19-46-32)23-11-15-37(16-12-23)18-24-7-8-28(44-24)38(42)43;/h6-8,11-12,15-16,19,21-22,27,30-31,41H,1,9-10,13-14,17-18,20H2,2-5H3;1H/q+1;/t21-,22+,27-,30+,31+,33-,34+,35+;/m1./s1. The summed E-state index contributed by atoms with van der Waals surface area (Å²) in [6, 6.07) is 6.75. The van der Waals surface area contributed by atoms with Crippen LogP contribution in [0.1, 0.15) is 65.6 Å². The molecule has 3 aliphatic carbocycles. The number of furan rings is 1. The van der Waals surface area contributed by atoms with Gasteiger partial charge in [-0.1, -0.05) is 45.5 Å². The number of thiazole rings is 1. The molecular weight excluding hydrogens is 718 g/mol. The third kappa shape index (κ3) is 6.31. The van der Waals surface area contributed by atoms with Gasteiger partial charge in [0.2, 0.25) is 6.54 Å². The number of aromatic nitrogens is 2. The fourth-order valence-electron chi connectivity index (χ4n) is 8.73. The molecule has 3 saturated carbocycles. The van der Waals surface area contributed by atoms with E-state index in [2.05, 4.69) is 27.4 Å². The van der Waals surface area contributed by atoms with Crippen LogP contribution in [0.2, 0.25) is 0 Å². The highest BCUT2D eigenvalue weighted by Gasteiger charge is 2.68. The van der Waals surface area contributed by atoms with Crippen LogP contribution in [0.15, 0.2) is 63.5 Å². The van der Waals surface area contributed by atoms with Gasteiger partial charge in [0.25, 0.3) is 0 Å². The quantitative estimate of drug-likeness (QED) is 0.0599. The fourth-order valence-corrected chi connectivity index (χ4v) is 10.4. The second-order valence-electron chi connectivity index (χ2n) is 14.1. The van der Waals surface area contributed by atoms with E-state index in [1.807, 2.05) is 47.5 Å². The van der Waals surface area contributed by atoms with Crippen molar-refractivity contribution in [1.29, 1.82) is 0 Å². The molecule has 3 heterocycles. The van der Waals surface area contributed by atoms with E-state index in [9.17, 15) is 24.8 Å². The molecule has 3 fully saturated rings. The number of hydrogen-bond acceptors (Lipinski definition) is 10. The number of hydrogen-bond donors (Lipinski definition) is 1. The van der Waals surface area contributed by atoms with Gasteiger partial charge in [-0.3, -0.25) is 19.7 Å². The first-order valence-electron chi connectivity index (χ1n) is 16.2. The predicted octanol–water partition coefficient (Wildman–Crippen LogP) is 7.22. The Morgan fingerprint density at radius 2 is 2.00 bits per heavy atom. The SMILES string of the molecule is Br.C=C[C@]1(C)C[C@@H](OC(=O)CSc2nc(-c3cc[n+](Cc4ccc([N+](=O)[O-])o4)cc3)cs2)[C@]2(C)[C@H](C)CC[C@]3(CCC(=O)[C@H]32)[C@@H](C)[C@@H]1O. The average Bonchev–Trinajstić information content (AvgIpc) is 3.81. The minimum Gasteiger partial charge on any atom is -0.461 e. The lowest BCUT2D eigenvalue weighted by Gasteiger charge is -2.61. The lowest BCUT2D eigenvalue weighted by atomic mass is 9.44. The fraction of sp³-hybridized carbons (Fsp3) is 0.543. The van der Waals surface area contributed by atoms with Crippen molar-refractivity contribution in [3.05, 3.63) is 70.6 Å². The Balaban J connectivity index is 0.00000451. The lowest BCUT2D eigenvalue weighted by molar-refractivity contribution is -0.690. The van der Waals surface area contributed by atoms with Crippen LogP contribution >= 0.6 is 40.1 Å². The molecule has 0 unspecified atom stereocenters. The number of nitrogens with zero attached hydrogens (tertiary/aromatic N) is 3. The molecule has 0 aromatic carbocycles. The van der Waals surface area contributed by atoms with Crippen molar-refractivity contribution in [2.45, 2.75) is 82.9 Å². The van der Waals surface area contributed by atoms with E-state index in [-0.39, 0.29) is 63.5 Å². The topological polar surface area (TPSA) is 137 Å². The maximum Gasteiger partial charge on any atom is 0.433 e. The van der Waals surface area contributed by atoms with Crippen LogP contribution < -0.4 is 4.57 Å². The van der Waals surface area contributed by atoms with Gasteiger partial charge in [-0.15, -0.1) is 34.9 Å². The van der Waals surface area contributed by atoms with Gasteiger partial charge in [-0.05, 0) is 49.0 Å². The van der Waals surface area contributed by atoms with Gasteiger partial charge in [-0.25, -0.2) is 4.98 Å². The summed E-state index contributed by atoms with van der Waals surface area (Å²) in [4.78, 5) is 42.2. The van der Waals surface area contributed by atoms with Crippen molar-refractivity contribution in [1.82, 2.24) is 4.98 Å². The van der Waals surface area contributed by atoms with Crippen molar-refractivity contribution in [3.63, 3.8) is 0 Å². The van der Waals surface area contributed by atoms with Crippen LogP contribution in [0.4, 0.5) is 5.88 Å². The third-order valence-corrected chi connectivity index (χ3v) is 13.7. The largest absolute Gasteiger partial charge is 0.461 e. The number of nitro groups is 1. The molecule has 3 aliphatic rings. The first-order valence-corrected chi connectivity index (χ1v) is 18.0. The highest BCUT2D eigenvalue weighted by molar-refractivity contribution is 8.93. The summed E-state index contributed by atoms with van der Waals surface area (Å²) in [7, 11) is 0. The number of thioether (sulfide) groups is 1. The molecule has 3 aromatic heterocycles. The van der Waals surface area contributed by atoms with Gasteiger partial charge in [-0.2, -0.15) is 4.57 Å². The molecule has 0 spiro atoms. The number of ether oxygens (including phenoxy) is 1. The Kier molecular flexibility index (Phi) is 10.5. The van der Waals surface area contributed by atoms with Crippen LogP contribution in [-0.4, -0.2) is 44.7 Å². The van der Waals surface area contributed by atoms with Gasteiger partial charge in [0.05, 0.1) is 23.6 Å². The second kappa shape index (κ2) is 13.8. The zero-order valence-corrected chi connectivity index (χ0v) is 31.0. The Morgan fingerprint density at radius 3 is 2.67 bits per heavy atom. The smallest absolute Gasteiger partial charge is 0.433 e. The minimum absolute atomic E-state index is 0. The van der Waals surface area contributed by atoms with Crippen LogP contribution in [0.5, 0.6) is 0 Å². The van der Waals surface area contributed by atoms with E-state index >= 15 is 0 Å². The van der Waals surface area contributed by atoms with Crippen LogP contribution in [0.25, 0.3) is 11.3 Å². The lowest BCUT2D eigenvalue weighted by Crippen LogP contribution is -2.63. The number of esters is 1. The molecule has 6 rings (SSSR count). The van der Waals surface area contributed by atoms with E-state index < -0.39 is 28.0 Å². The Morgan fingerprint density at radius 1 is 1.27 bits per heavy atom. The molecule has 258 valence electrons.